The highest BCUT2D eigenvalue weighted by molar-refractivity contribution is 5.99. The number of anilines is 1. The summed E-state index contributed by atoms with van der Waals surface area (Å²) in [4.78, 5) is 11.3. The standard InChI is InChI=1S/C13H16FNO2/c1-8(16)13-10(14)3-2-4-11(13)15-7-12(17)9-5-6-9/h2-4,9,12,15,17H,5-7H2,1H3/t12-/m1/s1. The van der Waals surface area contributed by atoms with E-state index < -0.39 is 11.9 Å². The highest BCUT2D eigenvalue weighted by atomic mass is 19.1. The van der Waals surface area contributed by atoms with Gasteiger partial charge in [-0.2, -0.15) is 0 Å². The summed E-state index contributed by atoms with van der Waals surface area (Å²) in [5.74, 6) is -0.480. The van der Waals surface area contributed by atoms with Gasteiger partial charge in [-0.25, -0.2) is 4.39 Å². The van der Waals surface area contributed by atoms with E-state index in [0.717, 1.165) is 12.8 Å². The van der Waals surface area contributed by atoms with E-state index in [2.05, 4.69) is 5.32 Å². The number of rotatable bonds is 5. The van der Waals surface area contributed by atoms with Gasteiger partial charge in [-0.1, -0.05) is 6.07 Å². The van der Waals surface area contributed by atoms with Gasteiger partial charge in [0.2, 0.25) is 0 Å². The van der Waals surface area contributed by atoms with Crippen molar-refractivity contribution in [3.8, 4) is 0 Å². The molecule has 2 rings (SSSR count). The predicted octanol–water partition coefficient (Wildman–Crippen LogP) is 2.21. The minimum Gasteiger partial charge on any atom is -0.391 e. The van der Waals surface area contributed by atoms with Gasteiger partial charge in [-0.15, -0.1) is 0 Å². The second kappa shape index (κ2) is 4.84. The summed E-state index contributed by atoms with van der Waals surface area (Å²) < 4.78 is 13.5. The molecule has 0 spiro atoms. The molecule has 1 aliphatic carbocycles. The third kappa shape index (κ3) is 2.82. The number of aliphatic hydroxyl groups is 1. The van der Waals surface area contributed by atoms with E-state index in [1.54, 1.807) is 12.1 Å². The molecule has 17 heavy (non-hydrogen) atoms. The smallest absolute Gasteiger partial charge is 0.164 e. The number of nitrogens with one attached hydrogen (secondary N) is 1. The molecule has 1 aliphatic rings. The molecule has 1 fully saturated rings. The fourth-order valence-corrected chi connectivity index (χ4v) is 1.89. The summed E-state index contributed by atoms with van der Waals surface area (Å²) in [5, 5.41) is 12.7. The number of Topliss-reactive ketones (excluding diaryl/α,β-unsaturated/α-hetero) is 1. The van der Waals surface area contributed by atoms with Crippen LogP contribution in [0.5, 0.6) is 0 Å². The van der Waals surface area contributed by atoms with Gasteiger partial charge in [0.15, 0.2) is 5.78 Å². The summed E-state index contributed by atoms with van der Waals surface area (Å²) in [5.41, 5.74) is 0.521. The van der Waals surface area contributed by atoms with Crippen LogP contribution in [-0.4, -0.2) is 23.5 Å². The van der Waals surface area contributed by atoms with Crippen molar-refractivity contribution in [2.75, 3.05) is 11.9 Å². The number of carbonyl (C=O) groups excluding carboxylic acids is 1. The molecule has 0 amide bonds. The summed E-state index contributed by atoms with van der Waals surface area (Å²) in [6, 6.07) is 4.46. The maximum absolute atomic E-state index is 13.5. The lowest BCUT2D eigenvalue weighted by molar-refractivity contribution is 0.101. The molecule has 4 heteroatoms. The first kappa shape index (κ1) is 12.0. The average Bonchev–Trinajstić information content (AvgIpc) is 3.08. The monoisotopic (exact) mass is 237 g/mol. The van der Waals surface area contributed by atoms with Crippen molar-refractivity contribution in [2.24, 2.45) is 5.92 Å². The first-order valence-electron chi connectivity index (χ1n) is 5.81. The van der Waals surface area contributed by atoms with Crippen LogP contribution in [0.1, 0.15) is 30.1 Å². The Hall–Kier alpha value is -1.42. The Kier molecular flexibility index (Phi) is 3.43. The number of aliphatic hydroxyl groups excluding tert-OH is 1. The van der Waals surface area contributed by atoms with E-state index in [-0.39, 0.29) is 11.3 Å². The maximum atomic E-state index is 13.5. The Bertz CT molecular complexity index is 429. The van der Waals surface area contributed by atoms with E-state index in [4.69, 9.17) is 0 Å². The molecule has 0 unspecified atom stereocenters. The normalized spacial score (nSPS) is 16.6. The molecule has 0 aromatic heterocycles. The number of ketones is 1. The van der Waals surface area contributed by atoms with Crippen molar-refractivity contribution in [2.45, 2.75) is 25.9 Å². The molecule has 1 aromatic carbocycles. The minimum atomic E-state index is -0.525. The Morgan fingerprint density at radius 2 is 2.29 bits per heavy atom. The second-order valence-corrected chi connectivity index (χ2v) is 4.50. The molecule has 0 heterocycles. The molecule has 92 valence electrons. The van der Waals surface area contributed by atoms with E-state index in [0.29, 0.717) is 18.2 Å². The van der Waals surface area contributed by atoms with Gasteiger partial charge in [0.25, 0.3) is 0 Å². The fourth-order valence-electron chi connectivity index (χ4n) is 1.89. The van der Waals surface area contributed by atoms with Crippen LogP contribution in [0.15, 0.2) is 18.2 Å². The Labute approximate surface area is 99.7 Å². The fraction of sp³-hybridized carbons (Fsp3) is 0.462. The molecule has 0 aliphatic heterocycles. The van der Waals surface area contributed by atoms with Crippen LogP contribution < -0.4 is 5.32 Å². The summed E-state index contributed by atoms with van der Waals surface area (Å²) >= 11 is 0. The largest absolute Gasteiger partial charge is 0.391 e. The van der Waals surface area contributed by atoms with Crippen LogP contribution in [0.2, 0.25) is 0 Å². The number of hydrogen-bond acceptors (Lipinski definition) is 3. The molecule has 1 aromatic rings. The summed E-state index contributed by atoms with van der Waals surface area (Å²) in [7, 11) is 0. The minimum absolute atomic E-state index is 0.0653. The van der Waals surface area contributed by atoms with Crippen LogP contribution in [0.25, 0.3) is 0 Å². The molecule has 0 radical (unpaired) electrons. The van der Waals surface area contributed by atoms with Crippen molar-refractivity contribution in [3.63, 3.8) is 0 Å². The Morgan fingerprint density at radius 3 is 2.88 bits per heavy atom. The second-order valence-electron chi connectivity index (χ2n) is 4.50. The van der Waals surface area contributed by atoms with Crippen LogP contribution in [0.4, 0.5) is 10.1 Å². The number of benzene rings is 1. The molecule has 0 saturated heterocycles. The molecular formula is C13H16FNO2. The van der Waals surface area contributed by atoms with Gasteiger partial charge in [0.1, 0.15) is 5.82 Å². The van der Waals surface area contributed by atoms with Crippen molar-refractivity contribution in [3.05, 3.63) is 29.6 Å². The van der Waals surface area contributed by atoms with Crippen LogP contribution in [-0.2, 0) is 0 Å². The zero-order chi connectivity index (χ0) is 12.4. The van der Waals surface area contributed by atoms with Crippen molar-refractivity contribution in [1.82, 2.24) is 0 Å². The third-order valence-electron chi connectivity index (χ3n) is 3.03. The van der Waals surface area contributed by atoms with E-state index in [1.807, 2.05) is 0 Å². The summed E-state index contributed by atoms with van der Waals surface area (Å²) in [6.45, 7) is 1.69. The molecule has 1 saturated carbocycles. The van der Waals surface area contributed by atoms with Gasteiger partial charge in [-0.05, 0) is 37.8 Å². The average molecular weight is 237 g/mol. The number of halogens is 1. The number of hydrogen-bond donors (Lipinski definition) is 2. The maximum Gasteiger partial charge on any atom is 0.164 e. The SMILES string of the molecule is CC(=O)c1c(F)cccc1NC[C@@H](O)C1CC1. The zero-order valence-corrected chi connectivity index (χ0v) is 9.74. The first-order chi connectivity index (χ1) is 8.09. The van der Waals surface area contributed by atoms with Gasteiger partial charge < -0.3 is 10.4 Å². The van der Waals surface area contributed by atoms with E-state index >= 15 is 0 Å². The first-order valence-corrected chi connectivity index (χ1v) is 5.81. The molecule has 1 atom stereocenters. The summed E-state index contributed by atoms with van der Waals surface area (Å²) in [6.07, 6.45) is 1.68. The Morgan fingerprint density at radius 1 is 1.59 bits per heavy atom. The lowest BCUT2D eigenvalue weighted by Gasteiger charge is -2.14. The third-order valence-corrected chi connectivity index (χ3v) is 3.03. The van der Waals surface area contributed by atoms with Crippen LogP contribution >= 0.6 is 0 Å². The van der Waals surface area contributed by atoms with E-state index in [9.17, 15) is 14.3 Å². The lowest BCUT2D eigenvalue weighted by atomic mass is 10.1. The molecule has 0 bridgehead atoms. The van der Waals surface area contributed by atoms with Crippen molar-refractivity contribution < 1.29 is 14.3 Å². The van der Waals surface area contributed by atoms with Gasteiger partial charge in [0, 0.05) is 12.2 Å². The van der Waals surface area contributed by atoms with Crippen LogP contribution in [0, 0.1) is 11.7 Å². The number of carbonyl (C=O) groups is 1. The van der Waals surface area contributed by atoms with E-state index in [1.165, 1.54) is 13.0 Å². The highest BCUT2D eigenvalue weighted by Gasteiger charge is 2.29. The highest BCUT2D eigenvalue weighted by Crippen LogP contribution is 2.32. The topological polar surface area (TPSA) is 49.3 Å². The molecule has 3 nitrogen and oxygen atoms in total. The Balaban J connectivity index is 2.08. The lowest BCUT2D eigenvalue weighted by Crippen LogP contribution is -2.22. The van der Waals surface area contributed by atoms with Gasteiger partial charge >= 0.3 is 0 Å². The quantitative estimate of drug-likeness (QED) is 0.772. The van der Waals surface area contributed by atoms with Crippen molar-refractivity contribution in [1.29, 1.82) is 0 Å². The van der Waals surface area contributed by atoms with Gasteiger partial charge in [-0.3, -0.25) is 4.79 Å². The van der Waals surface area contributed by atoms with Gasteiger partial charge in [0.05, 0.1) is 11.7 Å². The van der Waals surface area contributed by atoms with Crippen LogP contribution in [0.3, 0.4) is 0 Å². The zero-order valence-electron chi connectivity index (χ0n) is 9.74. The molecular weight excluding hydrogens is 221 g/mol. The molecule has 2 N–H and O–H groups in total. The van der Waals surface area contributed by atoms with Crippen molar-refractivity contribution >= 4 is 11.5 Å². The predicted molar refractivity (Wildman–Crippen MR) is 63.6 cm³/mol.